The van der Waals surface area contributed by atoms with Crippen molar-refractivity contribution in [3.8, 4) is 0 Å². The standard InChI is InChI=1S/C12H7BrF2N2O/c13-9-6-16-4-3-11(9)17-12(18)8-5-7(14)1-2-10(8)15/h1-6H,(H,16,17,18). The van der Waals surface area contributed by atoms with Gasteiger partial charge in [-0.3, -0.25) is 9.78 Å². The molecule has 0 atom stereocenters. The average molecular weight is 313 g/mol. The van der Waals surface area contributed by atoms with Crippen LogP contribution in [0, 0.1) is 11.6 Å². The second kappa shape index (κ2) is 5.22. The van der Waals surface area contributed by atoms with E-state index < -0.39 is 17.5 Å². The van der Waals surface area contributed by atoms with Crippen LogP contribution in [0.15, 0.2) is 41.1 Å². The minimum atomic E-state index is -0.779. The van der Waals surface area contributed by atoms with Gasteiger partial charge < -0.3 is 5.32 Å². The first-order valence-electron chi connectivity index (χ1n) is 4.94. The molecule has 1 N–H and O–H groups in total. The third-order valence-corrected chi connectivity index (χ3v) is 2.83. The van der Waals surface area contributed by atoms with E-state index in [1.165, 1.54) is 12.4 Å². The van der Waals surface area contributed by atoms with Crippen LogP contribution in [0.2, 0.25) is 0 Å². The number of pyridine rings is 1. The van der Waals surface area contributed by atoms with Crippen LogP contribution in [0.1, 0.15) is 10.4 Å². The molecule has 0 fully saturated rings. The Morgan fingerprint density at radius 3 is 2.78 bits per heavy atom. The van der Waals surface area contributed by atoms with E-state index in [4.69, 9.17) is 0 Å². The van der Waals surface area contributed by atoms with E-state index >= 15 is 0 Å². The smallest absolute Gasteiger partial charge is 0.258 e. The highest BCUT2D eigenvalue weighted by Gasteiger charge is 2.13. The predicted molar refractivity (Wildman–Crippen MR) is 66.2 cm³/mol. The average Bonchev–Trinajstić information content (AvgIpc) is 2.35. The molecule has 0 unspecified atom stereocenters. The topological polar surface area (TPSA) is 42.0 Å². The van der Waals surface area contributed by atoms with E-state index in [2.05, 4.69) is 26.2 Å². The van der Waals surface area contributed by atoms with Gasteiger partial charge in [-0.1, -0.05) is 0 Å². The molecule has 1 aromatic heterocycles. The van der Waals surface area contributed by atoms with Crippen molar-refractivity contribution in [2.75, 3.05) is 5.32 Å². The summed E-state index contributed by atoms with van der Waals surface area (Å²) in [5, 5.41) is 2.46. The van der Waals surface area contributed by atoms with Gasteiger partial charge in [-0.2, -0.15) is 0 Å². The fourth-order valence-corrected chi connectivity index (χ4v) is 1.69. The lowest BCUT2D eigenvalue weighted by Crippen LogP contribution is -2.14. The van der Waals surface area contributed by atoms with Crippen LogP contribution in [0.4, 0.5) is 14.5 Å². The van der Waals surface area contributed by atoms with E-state index in [1.807, 2.05) is 0 Å². The van der Waals surface area contributed by atoms with E-state index in [0.29, 0.717) is 10.2 Å². The molecule has 1 heterocycles. The van der Waals surface area contributed by atoms with E-state index in [-0.39, 0.29) is 5.56 Å². The largest absolute Gasteiger partial charge is 0.321 e. The van der Waals surface area contributed by atoms with Gasteiger partial charge in [0.2, 0.25) is 0 Å². The summed E-state index contributed by atoms with van der Waals surface area (Å²) in [4.78, 5) is 15.6. The number of hydrogen-bond donors (Lipinski definition) is 1. The molecular formula is C12H7BrF2N2O. The van der Waals surface area contributed by atoms with Gasteiger partial charge in [-0.05, 0) is 40.2 Å². The van der Waals surface area contributed by atoms with Crippen LogP contribution in [-0.4, -0.2) is 10.9 Å². The Morgan fingerprint density at radius 2 is 2.06 bits per heavy atom. The lowest BCUT2D eigenvalue weighted by Gasteiger charge is -2.07. The molecule has 6 heteroatoms. The number of carbonyl (C=O) groups excluding carboxylic acids is 1. The Labute approximate surface area is 110 Å². The number of hydrogen-bond acceptors (Lipinski definition) is 2. The maximum atomic E-state index is 13.4. The molecule has 0 spiro atoms. The minimum Gasteiger partial charge on any atom is -0.321 e. The molecule has 0 saturated carbocycles. The minimum absolute atomic E-state index is 0.348. The number of carbonyl (C=O) groups is 1. The van der Waals surface area contributed by atoms with Crippen molar-refractivity contribution in [1.82, 2.24) is 4.98 Å². The molecule has 0 radical (unpaired) electrons. The number of rotatable bonds is 2. The highest BCUT2D eigenvalue weighted by Crippen LogP contribution is 2.21. The normalized spacial score (nSPS) is 10.2. The summed E-state index contributed by atoms with van der Waals surface area (Å²) in [5.41, 5.74) is 0.0809. The zero-order valence-electron chi connectivity index (χ0n) is 8.95. The maximum Gasteiger partial charge on any atom is 0.258 e. The number of amides is 1. The molecule has 2 rings (SSSR count). The zero-order valence-corrected chi connectivity index (χ0v) is 10.5. The first kappa shape index (κ1) is 12.6. The Balaban J connectivity index is 2.28. The molecule has 0 bridgehead atoms. The van der Waals surface area contributed by atoms with Gasteiger partial charge in [-0.15, -0.1) is 0 Å². The summed E-state index contributed by atoms with van der Waals surface area (Å²) in [7, 11) is 0. The summed E-state index contributed by atoms with van der Waals surface area (Å²) in [6.07, 6.45) is 2.96. The molecule has 92 valence electrons. The number of benzene rings is 1. The first-order chi connectivity index (χ1) is 8.58. The lowest BCUT2D eigenvalue weighted by molar-refractivity contribution is 0.102. The van der Waals surface area contributed by atoms with Gasteiger partial charge in [0.1, 0.15) is 11.6 Å². The Bertz CT molecular complexity index is 604. The Morgan fingerprint density at radius 1 is 1.28 bits per heavy atom. The molecule has 1 amide bonds. The Hall–Kier alpha value is -1.82. The van der Waals surface area contributed by atoms with Crippen LogP contribution < -0.4 is 5.32 Å². The monoisotopic (exact) mass is 312 g/mol. The molecule has 1 aromatic carbocycles. The predicted octanol–water partition coefficient (Wildman–Crippen LogP) is 3.37. The first-order valence-corrected chi connectivity index (χ1v) is 5.73. The molecule has 2 aromatic rings. The van der Waals surface area contributed by atoms with E-state index in [9.17, 15) is 13.6 Å². The van der Waals surface area contributed by atoms with Crippen molar-refractivity contribution in [2.45, 2.75) is 0 Å². The third-order valence-electron chi connectivity index (χ3n) is 2.19. The number of nitrogens with one attached hydrogen (secondary N) is 1. The maximum absolute atomic E-state index is 13.4. The van der Waals surface area contributed by atoms with Crippen molar-refractivity contribution in [3.63, 3.8) is 0 Å². The van der Waals surface area contributed by atoms with Gasteiger partial charge in [-0.25, -0.2) is 8.78 Å². The van der Waals surface area contributed by atoms with Crippen molar-refractivity contribution < 1.29 is 13.6 Å². The summed E-state index contributed by atoms with van der Waals surface area (Å²) >= 11 is 3.19. The molecular weight excluding hydrogens is 306 g/mol. The van der Waals surface area contributed by atoms with Gasteiger partial charge in [0.15, 0.2) is 0 Å². The summed E-state index contributed by atoms with van der Waals surface area (Å²) < 4.78 is 26.9. The number of nitrogens with zero attached hydrogens (tertiary/aromatic N) is 1. The van der Waals surface area contributed by atoms with Crippen molar-refractivity contribution in [3.05, 3.63) is 58.3 Å². The van der Waals surface area contributed by atoms with Crippen molar-refractivity contribution >= 4 is 27.5 Å². The van der Waals surface area contributed by atoms with Gasteiger partial charge in [0.25, 0.3) is 5.91 Å². The fourth-order valence-electron chi connectivity index (χ4n) is 1.34. The quantitative estimate of drug-likeness (QED) is 0.923. The fraction of sp³-hybridized carbons (Fsp3) is 0. The molecule has 0 aliphatic heterocycles. The van der Waals surface area contributed by atoms with Crippen LogP contribution in [0.3, 0.4) is 0 Å². The molecule has 0 aliphatic rings. The molecule has 18 heavy (non-hydrogen) atoms. The molecule has 3 nitrogen and oxygen atoms in total. The SMILES string of the molecule is O=C(Nc1ccncc1Br)c1cc(F)ccc1F. The summed E-state index contributed by atoms with van der Waals surface area (Å²) in [5.74, 6) is -2.17. The van der Waals surface area contributed by atoms with Crippen molar-refractivity contribution in [2.24, 2.45) is 0 Å². The van der Waals surface area contributed by atoms with Gasteiger partial charge in [0, 0.05) is 12.4 Å². The van der Waals surface area contributed by atoms with Crippen molar-refractivity contribution in [1.29, 1.82) is 0 Å². The van der Waals surface area contributed by atoms with Gasteiger partial charge >= 0.3 is 0 Å². The Kier molecular flexibility index (Phi) is 3.66. The summed E-state index contributed by atoms with van der Waals surface area (Å²) in [6.45, 7) is 0. The number of aromatic nitrogens is 1. The highest BCUT2D eigenvalue weighted by atomic mass is 79.9. The van der Waals surface area contributed by atoms with Gasteiger partial charge in [0.05, 0.1) is 15.7 Å². The second-order valence-electron chi connectivity index (χ2n) is 3.43. The third kappa shape index (κ3) is 2.70. The van der Waals surface area contributed by atoms with Crippen LogP contribution in [-0.2, 0) is 0 Å². The highest BCUT2D eigenvalue weighted by molar-refractivity contribution is 9.10. The molecule has 0 saturated heterocycles. The number of halogens is 3. The summed E-state index contributed by atoms with van der Waals surface area (Å²) in [6, 6.07) is 4.25. The lowest BCUT2D eigenvalue weighted by atomic mass is 10.2. The molecule has 0 aliphatic carbocycles. The van der Waals surface area contributed by atoms with Crippen LogP contribution in [0.5, 0.6) is 0 Å². The van der Waals surface area contributed by atoms with Crippen LogP contribution >= 0.6 is 15.9 Å². The zero-order chi connectivity index (χ0) is 13.1. The second-order valence-corrected chi connectivity index (χ2v) is 4.29. The van der Waals surface area contributed by atoms with E-state index in [0.717, 1.165) is 18.2 Å². The number of anilines is 1. The van der Waals surface area contributed by atoms with E-state index in [1.54, 1.807) is 6.07 Å². The van der Waals surface area contributed by atoms with Crippen LogP contribution in [0.25, 0.3) is 0 Å².